The lowest BCUT2D eigenvalue weighted by Gasteiger charge is -2.39. The third-order valence-corrected chi connectivity index (χ3v) is 7.95. The summed E-state index contributed by atoms with van der Waals surface area (Å²) in [5, 5.41) is 0. The van der Waals surface area contributed by atoms with Crippen LogP contribution in [0.15, 0.2) is 30.3 Å². The van der Waals surface area contributed by atoms with Crippen molar-refractivity contribution in [1.29, 1.82) is 0 Å². The number of unbranched alkanes of at least 4 members (excludes halogenated alkanes) is 18. The Morgan fingerprint density at radius 3 is 1.31 bits per heavy atom. The molecule has 0 aliphatic heterocycles. The fourth-order valence-corrected chi connectivity index (χ4v) is 5.58. The average Bonchev–Trinajstić information content (AvgIpc) is 2.84. The summed E-state index contributed by atoms with van der Waals surface area (Å²) in [6, 6.07) is 12.0. The number of hydrogen-bond donors (Lipinski definition) is 0. The summed E-state index contributed by atoms with van der Waals surface area (Å²) < 4.78 is 1.15. The Balaban J connectivity index is 0.0000116. The van der Waals surface area contributed by atoms with Gasteiger partial charge in [-0.3, -0.25) is 0 Å². The molecule has 35 heavy (non-hydrogen) atoms. The second kappa shape index (κ2) is 23.5. The van der Waals surface area contributed by atoms with Crippen LogP contribution in [0.25, 0.3) is 0 Å². The van der Waals surface area contributed by atoms with E-state index in [2.05, 4.69) is 58.3 Å². The molecule has 0 fully saturated rings. The molecule has 0 aliphatic rings. The Labute approximate surface area is 221 Å². The van der Waals surface area contributed by atoms with Crippen LogP contribution in [0.2, 0.25) is 0 Å². The summed E-state index contributed by atoms with van der Waals surface area (Å²) >= 11 is 0. The van der Waals surface area contributed by atoms with Gasteiger partial charge in [0.15, 0.2) is 0 Å². The first kappa shape index (κ1) is 34.1. The van der Waals surface area contributed by atoms with E-state index < -0.39 is 0 Å². The predicted molar refractivity (Wildman–Crippen MR) is 156 cm³/mol. The molecule has 0 bridgehead atoms. The van der Waals surface area contributed by atoms with Crippen LogP contribution < -0.4 is 0 Å². The summed E-state index contributed by atoms with van der Waals surface area (Å²) in [5.74, 6) is 0. The summed E-state index contributed by atoms with van der Waals surface area (Å²) in [6.07, 6.45) is 29.9. The van der Waals surface area contributed by atoms with Crippen LogP contribution in [-0.2, 0) is 0 Å². The van der Waals surface area contributed by atoms with Gasteiger partial charge < -0.3 is 9.96 Å². The average molecular weight is 490 g/mol. The highest BCUT2D eigenvalue weighted by atomic mass is 16.0. The molecule has 1 unspecified atom stereocenters. The Kier molecular flexibility index (Phi) is 23.0. The van der Waals surface area contributed by atoms with Crippen molar-refractivity contribution >= 4 is 0 Å². The Hall–Kier alpha value is -0.860. The molecular weight excluding hydrogens is 426 g/mol. The van der Waals surface area contributed by atoms with E-state index in [1.807, 2.05) is 0 Å². The van der Waals surface area contributed by atoms with Gasteiger partial charge in [0.25, 0.3) is 0 Å². The lowest BCUT2D eigenvalue weighted by atomic mass is 9.96. The zero-order valence-electron chi connectivity index (χ0n) is 24.4. The number of nitrogens with zero attached hydrogens (tertiary/aromatic N) is 1. The van der Waals surface area contributed by atoms with Crippen molar-refractivity contribution in [3.8, 4) is 0 Å². The molecule has 1 aromatic rings. The molecule has 1 rings (SSSR count). The van der Waals surface area contributed by atoms with Crippen molar-refractivity contribution in [2.75, 3.05) is 20.6 Å². The van der Waals surface area contributed by atoms with Crippen LogP contribution in [0, 0.1) is 0 Å². The number of hydrogen-bond acceptors (Lipinski definition) is 1. The molecule has 0 spiro atoms. The normalized spacial score (nSPS) is 12.5. The quantitative estimate of drug-likeness (QED) is 0.105. The van der Waals surface area contributed by atoms with E-state index in [-0.39, 0.29) is 5.48 Å². The largest absolute Gasteiger partial charge is 0.870 e. The Morgan fingerprint density at radius 1 is 0.514 bits per heavy atom. The molecule has 1 atom stereocenters. The first-order valence-corrected chi connectivity index (χ1v) is 15.5. The van der Waals surface area contributed by atoms with Gasteiger partial charge in [-0.2, -0.15) is 0 Å². The van der Waals surface area contributed by atoms with Crippen molar-refractivity contribution in [1.82, 2.24) is 0 Å². The van der Waals surface area contributed by atoms with Gasteiger partial charge in [-0.1, -0.05) is 153 Å². The van der Waals surface area contributed by atoms with Crippen LogP contribution in [0.5, 0.6) is 0 Å². The minimum absolute atomic E-state index is 0. The monoisotopic (exact) mass is 489 g/mol. The first-order chi connectivity index (χ1) is 16.6. The van der Waals surface area contributed by atoms with Crippen LogP contribution in [0.3, 0.4) is 0 Å². The standard InChI is InChI=1S/C33H62N.H2O/c1-5-7-9-11-13-15-17-19-21-26-30-33(32-28-24-23-25-29-32)34(3,4)31-27-22-20-18-16-14-12-10-8-6-2;/h23-25,28-29,33H,5-22,26-27,30-31H2,1-4H3;1H2/q+1;/p-1. The minimum Gasteiger partial charge on any atom is -0.870 e. The molecular formula is C33H63NO. The number of rotatable bonds is 24. The van der Waals surface area contributed by atoms with Crippen LogP contribution in [-0.4, -0.2) is 30.6 Å². The van der Waals surface area contributed by atoms with Gasteiger partial charge in [0, 0.05) is 12.0 Å². The van der Waals surface area contributed by atoms with Gasteiger partial charge in [-0.05, 0) is 19.3 Å². The molecule has 1 aromatic carbocycles. The summed E-state index contributed by atoms with van der Waals surface area (Å²) in [5.41, 5.74) is 1.55. The van der Waals surface area contributed by atoms with Crippen molar-refractivity contribution in [2.24, 2.45) is 0 Å². The lowest BCUT2D eigenvalue weighted by Crippen LogP contribution is -2.44. The molecule has 2 heteroatoms. The maximum absolute atomic E-state index is 2.49. The van der Waals surface area contributed by atoms with E-state index in [4.69, 9.17) is 0 Å². The van der Waals surface area contributed by atoms with E-state index in [0.29, 0.717) is 6.04 Å². The van der Waals surface area contributed by atoms with Crippen LogP contribution in [0.4, 0.5) is 0 Å². The maximum atomic E-state index is 2.49. The Bertz CT molecular complexity index is 541. The highest BCUT2D eigenvalue weighted by molar-refractivity contribution is 5.17. The molecule has 0 radical (unpaired) electrons. The SMILES string of the molecule is CCCCCCCCCCCCC(c1ccccc1)[N+](C)(C)CCCCCCCCCCCC.[OH-]. The topological polar surface area (TPSA) is 30.0 Å². The highest BCUT2D eigenvalue weighted by Crippen LogP contribution is 2.31. The molecule has 0 aromatic heterocycles. The molecule has 206 valence electrons. The van der Waals surface area contributed by atoms with Crippen molar-refractivity contribution in [3.63, 3.8) is 0 Å². The zero-order valence-corrected chi connectivity index (χ0v) is 24.4. The van der Waals surface area contributed by atoms with E-state index in [9.17, 15) is 0 Å². The van der Waals surface area contributed by atoms with Gasteiger partial charge in [-0.25, -0.2) is 0 Å². The molecule has 0 heterocycles. The summed E-state index contributed by atoms with van der Waals surface area (Å²) in [6.45, 7) is 5.92. The molecule has 0 amide bonds. The molecule has 0 saturated heterocycles. The Morgan fingerprint density at radius 2 is 0.886 bits per heavy atom. The third kappa shape index (κ3) is 18.1. The van der Waals surface area contributed by atoms with Gasteiger partial charge in [0.1, 0.15) is 6.04 Å². The van der Waals surface area contributed by atoms with E-state index in [0.717, 1.165) is 4.48 Å². The molecule has 0 saturated carbocycles. The van der Waals surface area contributed by atoms with Crippen molar-refractivity contribution < 1.29 is 9.96 Å². The van der Waals surface area contributed by atoms with Gasteiger partial charge >= 0.3 is 0 Å². The third-order valence-electron chi connectivity index (χ3n) is 7.95. The predicted octanol–water partition coefficient (Wildman–Crippen LogP) is 10.9. The van der Waals surface area contributed by atoms with Gasteiger partial charge in [0.05, 0.1) is 20.6 Å². The second-order valence-electron chi connectivity index (χ2n) is 11.6. The number of benzene rings is 1. The van der Waals surface area contributed by atoms with Crippen LogP contribution in [0.1, 0.15) is 160 Å². The van der Waals surface area contributed by atoms with E-state index in [1.54, 1.807) is 5.56 Å². The minimum atomic E-state index is 0. The highest BCUT2D eigenvalue weighted by Gasteiger charge is 2.28. The fraction of sp³-hybridized carbons (Fsp3) is 0.818. The van der Waals surface area contributed by atoms with E-state index in [1.165, 1.54) is 141 Å². The van der Waals surface area contributed by atoms with Gasteiger partial charge in [-0.15, -0.1) is 0 Å². The second-order valence-corrected chi connectivity index (χ2v) is 11.6. The smallest absolute Gasteiger partial charge is 0.114 e. The van der Waals surface area contributed by atoms with Gasteiger partial charge in [0.2, 0.25) is 0 Å². The number of quaternary nitrogens is 1. The maximum Gasteiger partial charge on any atom is 0.114 e. The summed E-state index contributed by atoms with van der Waals surface area (Å²) in [4.78, 5) is 0. The van der Waals surface area contributed by atoms with Crippen molar-refractivity contribution in [3.05, 3.63) is 35.9 Å². The lowest BCUT2D eigenvalue weighted by molar-refractivity contribution is -0.921. The molecule has 0 aliphatic carbocycles. The molecule has 2 nitrogen and oxygen atoms in total. The summed E-state index contributed by atoms with van der Waals surface area (Å²) in [7, 11) is 4.98. The van der Waals surface area contributed by atoms with Crippen LogP contribution >= 0.6 is 0 Å². The molecule has 1 N–H and O–H groups in total. The van der Waals surface area contributed by atoms with Crippen molar-refractivity contribution in [2.45, 2.75) is 155 Å². The zero-order chi connectivity index (χ0) is 24.7. The fourth-order valence-electron chi connectivity index (χ4n) is 5.58. The van der Waals surface area contributed by atoms with E-state index >= 15 is 0 Å². The first-order valence-electron chi connectivity index (χ1n) is 15.5.